The number of carbonyl (C=O) groups is 1. The van der Waals surface area contributed by atoms with E-state index in [1.165, 1.54) is 6.33 Å². The summed E-state index contributed by atoms with van der Waals surface area (Å²) in [5.41, 5.74) is -0.756. The molecule has 2 rings (SSSR count). The summed E-state index contributed by atoms with van der Waals surface area (Å²) < 4.78 is 0. The topological polar surface area (TPSA) is 66.3 Å². The second kappa shape index (κ2) is 3.49. The van der Waals surface area contributed by atoms with Gasteiger partial charge in [0.25, 0.3) is 0 Å². The maximum Gasteiger partial charge on any atom is 0.329 e. The minimum Gasteiger partial charge on any atom is -0.479 e. The molecular weight excluding hydrogens is 194 g/mol. The molecule has 0 atom stereocenters. The van der Waals surface area contributed by atoms with E-state index in [-0.39, 0.29) is 0 Å². The summed E-state index contributed by atoms with van der Waals surface area (Å²) in [7, 11) is 1.77. The number of nitrogens with zero attached hydrogens (tertiary/aromatic N) is 3. The van der Waals surface area contributed by atoms with Gasteiger partial charge in [0.15, 0.2) is 0 Å². The van der Waals surface area contributed by atoms with Gasteiger partial charge >= 0.3 is 5.97 Å². The number of aliphatic carboxylic acids is 1. The second-order valence-electron chi connectivity index (χ2n) is 3.82. The first-order valence-electron chi connectivity index (χ1n) is 4.90. The van der Waals surface area contributed by atoms with Crippen LogP contribution in [0.3, 0.4) is 0 Å². The normalized spacial score (nSPS) is 17.9. The Labute approximate surface area is 87.8 Å². The molecule has 5 nitrogen and oxygen atoms in total. The van der Waals surface area contributed by atoms with Crippen molar-refractivity contribution >= 4 is 11.8 Å². The highest BCUT2D eigenvalue weighted by Crippen LogP contribution is 2.38. The lowest BCUT2D eigenvalue weighted by Crippen LogP contribution is -2.58. The van der Waals surface area contributed by atoms with Gasteiger partial charge in [0.1, 0.15) is 17.7 Å². The fraction of sp³-hybridized carbons (Fsp3) is 0.500. The third kappa shape index (κ3) is 1.44. The zero-order chi connectivity index (χ0) is 10.9. The Hall–Kier alpha value is -1.65. The van der Waals surface area contributed by atoms with Crippen molar-refractivity contribution in [3.05, 3.63) is 18.6 Å². The van der Waals surface area contributed by atoms with Gasteiger partial charge in [-0.15, -0.1) is 0 Å². The molecule has 0 amide bonds. The summed E-state index contributed by atoms with van der Waals surface area (Å²) in [6, 6.07) is 1.73. The quantitative estimate of drug-likeness (QED) is 0.798. The summed E-state index contributed by atoms with van der Waals surface area (Å²) >= 11 is 0. The largest absolute Gasteiger partial charge is 0.479 e. The molecule has 0 unspecified atom stereocenters. The number of carboxylic acids is 1. The predicted molar refractivity (Wildman–Crippen MR) is 54.7 cm³/mol. The van der Waals surface area contributed by atoms with Crippen LogP contribution in [0.1, 0.15) is 19.3 Å². The highest BCUT2D eigenvalue weighted by Gasteiger charge is 2.48. The summed E-state index contributed by atoms with van der Waals surface area (Å²) in [6.07, 6.45) is 5.38. The molecule has 1 saturated carbocycles. The van der Waals surface area contributed by atoms with Crippen LogP contribution in [0.4, 0.5) is 5.82 Å². The Morgan fingerprint density at radius 1 is 1.60 bits per heavy atom. The van der Waals surface area contributed by atoms with Crippen molar-refractivity contribution in [2.75, 3.05) is 11.9 Å². The standard InChI is InChI=1S/C10H13N3O2/c1-13(8-3-6-11-7-12-8)10(9(14)15)4-2-5-10/h3,6-7H,2,4-5H2,1H3,(H,14,15). The second-order valence-corrected chi connectivity index (χ2v) is 3.82. The number of carboxylic acid groups (broad SMARTS) is 1. The minimum absolute atomic E-state index is 0.659. The van der Waals surface area contributed by atoms with Crippen molar-refractivity contribution in [2.24, 2.45) is 0 Å². The molecule has 0 bridgehead atoms. The molecule has 1 aromatic rings. The lowest BCUT2D eigenvalue weighted by molar-refractivity contribution is -0.146. The van der Waals surface area contributed by atoms with Gasteiger partial charge in [0.05, 0.1) is 0 Å². The SMILES string of the molecule is CN(c1ccncn1)C1(C(=O)O)CCC1. The lowest BCUT2D eigenvalue weighted by atomic mass is 9.75. The van der Waals surface area contributed by atoms with Crippen molar-refractivity contribution < 1.29 is 9.90 Å². The van der Waals surface area contributed by atoms with Crippen molar-refractivity contribution in [3.63, 3.8) is 0 Å². The highest BCUT2D eigenvalue weighted by atomic mass is 16.4. The maximum atomic E-state index is 11.2. The van der Waals surface area contributed by atoms with Crippen LogP contribution in [0.15, 0.2) is 18.6 Å². The van der Waals surface area contributed by atoms with Gasteiger partial charge in [-0.1, -0.05) is 0 Å². The van der Waals surface area contributed by atoms with E-state index in [1.807, 2.05) is 0 Å². The van der Waals surface area contributed by atoms with E-state index < -0.39 is 11.5 Å². The molecule has 15 heavy (non-hydrogen) atoms. The third-order valence-corrected chi connectivity index (χ3v) is 3.13. The van der Waals surface area contributed by atoms with E-state index in [2.05, 4.69) is 9.97 Å². The molecule has 1 fully saturated rings. The zero-order valence-electron chi connectivity index (χ0n) is 8.55. The average Bonchev–Trinajstić information content (AvgIpc) is 2.16. The summed E-state index contributed by atoms with van der Waals surface area (Å²) in [5.74, 6) is -0.109. The van der Waals surface area contributed by atoms with E-state index in [0.29, 0.717) is 18.7 Å². The molecule has 0 spiro atoms. The molecule has 0 aromatic carbocycles. The molecule has 1 N–H and O–H groups in total. The van der Waals surface area contributed by atoms with Gasteiger partial charge in [-0.2, -0.15) is 0 Å². The number of aromatic nitrogens is 2. The molecule has 1 aliphatic rings. The minimum atomic E-state index is -0.769. The van der Waals surface area contributed by atoms with Crippen molar-refractivity contribution in [1.29, 1.82) is 0 Å². The molecule has 0 saturated heterocycles. The number of anilines is 1. The van der Waals surface area contributed by atoms with Crippen LogP contribution in [-0.2, 0) is 4.79 Å². The number of hydrogen-bond donors (Lipinski definition) is 1. The first kappa shape index (κ1) is 9.89. The third-order valence-electron chi connectivity index (χ3n) is 3.13. The highest BCUT2D eigenvalue weighted by molar-refractivity contribution is 5.84. The predicted octanol–water partition coefficient (Wildman–Crippen LogP) is 0.920. The van der Waals surface area contributed by atoms with Crippen molar-refractivity contribution in [3.8, 4) is 0 Å². The maximum absolute atomic E-state index is 11.2. The van der Waals surface area contributed by atoms with E-state index in [0.717, 1.165) is 6.42 Å². The molecule has 1 aliphatic carbocycles. The monoisotopic (exact) mass is 207 g/mol. The molecule has 0 aliphatic heterocycles. The van der Waals surface area contributed by atoms with Crippen molar-refractivity contribution in [2.45, 2.75) is 24.8 Å². The first-order chi connectivity index (χ1) is 7.17. The molecular formula is C10H13N3O2. The smallest absolute Gasteiger partial charge is 0.329 e. The number of likely N-dealkylation sites (N-methyl/N-ethyl adjacent to an activating group) is 1. The van der Waals surface area contributed by atoms with Crippen LogP contribution < -0.4 is 4.90 Å². The van der Waals surface area contributed by atoms with E-state index in [9.17, 15) is 9.90 Å². The van der Waals surface area contributed by atoms with E-state index in [1.54, 1.807) is 24.2 Å². The Kier molecular flexibility index (Phi) is 2.30. The Balaban J connectivity index is 2.27. The lowest BCUT2D eigenvalue weighted by Gasteiger charge is -2.45. The Morgan fingerprint density at radius 2 is 2.33 bits per heavy atom. The van der Waals surface area contributed by atoms with Crippen LogP contribution in [0.2, 0.25) is 0 Å². The van der Waals surface area contributed by atoms with E-state index in [4.69, 9.17) is 0 Å². The van der Waals surface area contributed by atoms with Gasteiger partial charge in [-0.25, -0.2) is 14.8 Å². The van der Waals surface area contributed by atoms with E-state index >= 15 is 0 Å². The Bertz CT molecular complexity index is 362. The van der Waals surface area contributed by atoms with Crippen LogP contribution >= 0.6 is 0 Å². The molecule has 0 radical (unpaired) electrons. The number of hydrogen-bond acceptors (Lipinski definition) is 4. The van der Waals surface area contributed by atoms with Gasteiger partial charge in [0, 0.05) is 13.2 Å². The van der Waals surface area contributed by atoms with Gasteiger partial charge in [-0.05, 0) is 25.3 Å². The van der Waals surface area contributed by atoms with Gasteiger partial charge < -0.3 is 10.0 Å². The molecule has 80 valence electrons. The zero-order valence-corrected chi connectivity index (χ0v) is 8.55. The average molecular weight is 207 g/mol. The fourth-order valence-corrected chi connectivity index (χ4v) is 1.91. The molecule has 1 aromatic heterocycles. The van der Waals surface area contributed by atoms with Crippen LogP contribution in [0.25, 0.3) is 0 Å². The molecule has 1 heterocycles. The summed E-state index contributed by atoms with van der Waals surface area (Å²) in [6.45, 7) is 0. The first-order valence-corrected chi connectivity index (χ1v) is 4.90. The summed E-state index contributed by atoms with van der Waals surface area (Å²) in [5, 5.41) is 9.23. The molecule has 5 heteroatoms. The van der Waals surface area contributed by atoms with Gasteiger partial charge in [-0.3, -0.25) is 0 Å². The van der Waals surface area contributed by atoms with Crippen LogP contribution in [0.5, 0.6) is 0 Å². The van der Waals surface area contributed by atoms with Crippen LogP contribution in [-0.4, -0.2) is 33.6 Å². The summed E-state index contributed by atoms with van der Waals surface area (Å²) in [4.78, 5) is 20.8. The fourth-order valence-electron chi connectivity index (χ4n) is 1.91. The van der Waals surface area contributed by atoms with Gasteiger partial charge in [0.2, 0.25) is 0 Å². The van der Waals surface area contributed by atoms with Crippen LogP contribution in [0, 0.1) is 0 Å². The Morgan fingerprint density at radius 3 is 2.73 bits per heavy atom. The van der Waals surface area contributed by atoms with Crippen molar-refractivity contribution in [1.82, 2.24) is 9.97 Å². The number of rotatable bonds is 3.